The Hall–Kier alpha value is -1.81. The van der Waals surface area contributed by atoms with E-state index in [0.717, 1.165) is 38.3 Å². The second-order valence-corrected chi connectivity index (χ2v) is 9.93. The molecule has 0 N–H and O–H groups in total. The first kappa shape index (κ1) is 24.8. The average Bonchev–Trinajstić information content (AvgIpc) is 3.47. The molecule has 2 fully saturated rings. The molecule has 0 bridgehead atoms. The summed E-state index contributed by atoms with van der Waals surface area (Å²) < 4.78 is 5.54. The van der Waals surface area contributed by atoms with Gasteiger partial charge in [0.25, 0.3) is 0 Å². The Morgan fingerprint density at radius 2 is 1.78 bits per heavy atom. The maximum Gasteiger partial charge on any atom is 0.415 e. The number of piperidine rings is 1. The van der Waals surface area contributed by atoms with Crippen molar-refractivity contribution < 1.29 is 9.53 Å². The molecule has 0 radical (unpaired) electrons. The molecule has 1 spiro atoms. The van der Waals surface area contributed by atoms with Crippen LogP contribution in [-0.4, -0.2) is 48.6 Å². The van der Waals surface area contributed by atoms with E-state index < -0.39 is 0 Å². The van der Waals surface area contributed by atoms with E-state index in [4.69, 9.17) is 4.74 Å². The lowest BCUT2D eigenvalue weighted by atomic mass is 9.91. The van der Waals surface area contributed by atoms with Gasteiger partial charge in [0.05, 0.1) is 0 Å². The fourth-order valence-electron chi connectivity index (χ4n) is 5.26. The number of hydrogen-bond acceptors (Lipinski definition) is 3. The highest BCUT2D eigenvalue weighted by molar-refractivity contribution is 5.70. The zero-order chi connectivity index (χ0) is 22.7. The molecule has 32 heavy (non-hydrogen) atoms. The quantitative estimate of drug-likeness (QED) is 0.233. The molecule has 1 saturated heterocycles. The number of allylic oxidation sites excluding steroid dienone is 1. The topological polar surface area (TPSA) is 32.8 Å². The number of unbranched alkanes of at least 4 members (excludes halogenated alkanes) is 6. The molecular weight excluding hydrogens is 396 g/mol. The lowest BCUT2D eigenvalue weighted by Gasteiger charge is -2.33. The van der Waals surface area contributed by atoms with E-state index in [1.165, 1.54) is 71.0 Å². The normalized spacial score (nSPS) is 19.3. The maximum absolute atomic E-state index is 12.5. The van der Waals surface area contributed by atoms with Crippen LogP contribution < -0.4 is 4.74 Å². The van der Waals surface area contributed by atoms with E-state index in [0.29, 0.717) is 11.2 Å². The highest BCUT2D eigenvalue weighted by atomic mass is 16.6. The molecule has 1 aromatic carbocycles. The van der Waals surface area contributed by atoms with Crippen molar-refractivity contribution in [2.45, 2.75) is 77.6 Å². The zero-order valence-electron chi connectivity index (χ0n) is 20.3. The Balaban J connectivity index is 1.41. The van der Waals surface area contributed by atoms with E-state index in [9.17, 15) is 4.79 Å². The second kappa shape index (κ2) is 13.0. The van der Waals surface area contributed by atoms with Crippen LogP contribution in [-0.2, 0) is 0 Å². The standard InChI is InChI=1S/C28H44N2O2/c1-3-5-7-9-14-20-29(19-13-8-6-4-2)24-25-23-28(25)17-21-30(22-18-28)27(31)32-26-15-11-10-12-16-26/h3,10-12,15-16,25H,1,4-9,13-14,17-24H2,2H3. The first-order chi connectivity index (χ1) is 15.7. The number of amides is 1. The molecule has 1 heterocycles. The minimum Gasteiger partial charge on any atom is -0.410 e. The molecule has 1 unspecified atom stereocenters. The van der Waals surface area contributed by atoms with Crippen molar-refractivity contribution in [2.24, 2.45) is 11.3 Å². The molecule has 1 saturated carbocycles. The fraction of sp³-hybridized carbons (Fsp3) is 0.679. The summed E-state index contributed by atoms with van der Waals surface area (Å²) in [5.41, 5.74) is 0.480. The smallest absolute Gasteiger partial charge is 0.410 e. The predicted molar refractivity (Wildman–Crippen MR) is 133 cm³/mol. The van der Waals surface area contributed by atoms with Gasteiger partial charge in [0, 0.05) is 19.6 Å². The van der Waals surface area contributed by atoms with Crippen LogP contribution in [0.2, 0.25) is 0 Å². The number of hydrogen-bond donors (Lipinski definition) is 0. The molecule has 2 aliphatic rings. The number of para-hydroxylation sites is 1. The summed E-state index contributed by atoms with van der Waals surface area (Å²) in [4.78, 5) is 17.2. The van der Waals surface area contributed by atoms with E-state index in [2.05, 4.69) is 18.4 Å². The number of carbonyl (C=O) groups is 1. The van der Waals surface area contributed by atoms with Gasteiger partial charge in [-0.3, -0.25) is 0 Å². The summed E-state index contributed by atoms with van der Waals surface area (Å²) in [6, 6.07) is 9.41. The van der Waals surface area contributed by atoms with Gasteiger partial charge in [-0.1, -0.05) is 56.9 Å². The van der Waals surface area contributed by atoms with Crippen LogP contribution in [0.25, 0.3) is 0 Å². The van der Waals surface area contributed by atoms with Gasteiger partial charge in [-0.15, -0.1) is 6.58 Å². The summed E-state index contributed by atoms with van der Waals surface area (Å²) in [6.45, 7) is 11.5. The van der Waals surface area contributed by atoms with Crippen molar-refractivity contribution in [1.29, 1.82) is 0 Å². The van der Waals surface area contributed by atoms with Gasteiger partial charge < -0.3 is 14.5 Å². The van der Waals surface area contributed by atoms with Gasteiger partial charge in [-0.25, -0.2) is 4.79 Å². The van der Waals surface area contributed by atoms with Gasteiger partial charge in [-0.05, 0) is 81.5 Å². The summed E-state index contributed by atoms with van der Waals surface area (Å²) in [5.74, 6) is 1.45. The Labute approximate surface area is 196 Å². The second-order valence-electron chi connectivity index (χ2n) is 9.93. The van der Waals surface area contributed by atoms with Gasteiger partial charge in [0.15, 0.2) is 0 Å². The lowest BCUT2D eigenvalue weighted by molar-refractivity contribution is 0.120. The van der Waals surface area contributed by atoms with E-state index in [1.807, 2.05) is 41.3 Å². The molecule has 1 atom stereocenters. The highest BCUT2D eigenvalue weighted by Crippen LogP contribution is 2.59. The van der Waals surface area contributed by atoms with Crippen LogP contribution in [0.4, 0.5) is 4.79 Å². The van der Waals surface area contributed by atoms with Crippen LogP contribution >= 0.6 is 0 Å². The Morgan fingerprint density at radius 1 is 1.09 bits per heavy atom. The van der Waals surface area contributed by atoms with E-state index in [1.54, 1.807) is 0 Å². The van der Waals surface area contributed by atoms with Crippen LogP contribution in [0.5, 0.6) is 5.75 Å². The third kappa shape index (κ3) is 7.65. The molecular formula is C28H44N2O2. The maximum atomic E-state index is 12.5. The van der Waals surface area contributed by atoms with Crippen molar-refractivity contribution in [3.63, 3.8) is 0 Å². The summed E-state index contributed by atoms with van der Waals surface area (Å²) in [6.07, 6.45) is 15.8. The molecule has 1 aliphatic carbocycles. The third-order valence-electron chi connectivity index (χ3n) is 7.51. The number of likely N-dealkylation sites (tertiary alicyclic amines) is 1. The monoisotopic (exact) mass is 440 g/mol. The molecule has 1 aliphatic heterocycles. The van der Waals surface area contributed by atoms with Crippen molar-refractivity contribution >= 4 is 6.09 Å². The molecule has 1 amide bonds. The van der Waals surface area contributed by atoms with Crippen molar-refractivity contribution in [2.75, 3.05) is 32.7 Å². The number of benzene rings is 1. The van der Waals surface area contributed by atoms with Crippen LogP contribution in [0.15, 0.2) is 43.0 Å². The lowest BCUT2D eigenvalue weighted by Crippen LogP contribution is -2.41. The number of carbonyl (C=O) groups excluding carboxylic acids is 1. The van der Waals surface area contributed by atoms with Crippen molar-refractivity contribution in [1.82, 2.24) is 9.80 Å². The van der Waals surface area contributed by atoms with Crippen LogP contribution in [0.3, 0.4) is 0 Å². The molecule has 3 rings (SSSR count). The zero-order valence-corrected chi connectivity index (χ0v) is 20.3. The number of ether oxygens (including phenoxy) is 1. The third-order valence-corrected chi connectivity index (χ3v) is 7.51. The minimum absolute atomic E-state index is 0.194. The number of rotatable bonds is 14. The Bertz CT molecular complexity index is 682. The Kier molecular flexibility index (Phi) is 10.1. The molecule has 4 nitrogen and oxygen atoms in total. The first-order valence-corrected chi connectivity index (χ1v) is 13.0. The van der Waals surface area contributed by atoms with Crippen LogP contribution in [0, 0.1) is 11.3 Å². The first-order valence-electron chi connectivity index (χ1n) is 13.0. The Morgan fingerprint density at radius 3 is 2.44 bits per heavy atom. The van der Waals surface area contributed by atoms with Gasteiger partial charge in [0.1, 0.15) is 5.75 Å². The van der Waals surface area contributed by atoms with E-state index >= 15 is 0 Å². The SMILES string of the molecule is C=CCCCCCN(CCCCCC)CC1CC12CCN(C(=O)Oc1ccccc1)CC2. The predicted octanol–water partition coefficient (Wildman–Crippen LogP) is 6.92. The highest BCUT2D eigenvalue weighted by Gasteiger charge is 2.55. The largest absolute Gasteiger partial charge is 0.415 e. The molecule has 0 aromatic heterocycles. The molecule has 178 valence electrons. The molecule has 4 heteroatoms. The summed E-state index contributed by atoms with van der Waals surface area (Å²) in [5, 5.41) is 0. The van der Waals surface area contributed by atoms with Crippen LogP contribution in [0.1, 0.15) is 77.6 Å². The van der Waals surface area contributed by atoms with Gasteiger partial charge in [-0.2, -0.15) is 0 Å². The molecule has 1 aromatic rings. The minimum atomic E-state index is -0.194. The average molecular weight is 441 g/mol. The van der Waals surface area contributed by atoms with Crippen molar-refractivity contribution in [3.8, 4) is 5.75 Å². The van der Waals surface area contributed by atoms with Gasteiger partial charge in [0.2, 0.25) is 0 Å². The number of nitrogens with zero attached hydrogens (tertiary/aromatic N) is 2. The summed E-state index contributed by atoms with van der Waals surface area (Å²) in [7, 11) is 0. The summed E-state index contributed by atoms with van der Waals surface area (Å²) >= 11 is 0. The van der Waals surface area contributed by atoms with Crippen molar-refractivity contribution in [3.05, 3.63) is 43.0 Å². The van der Waals surface area contributed by atoms with E-state index in [-0.39, 0.29) is 6.09 Å². The van der Waals surface area contributed by atoms with Gasteiger partial charge >= 0.3 is 6.09 Å². The fourth-order valence-corrected chi connectivity index (χ4v) is 5.26.